The van der Waals surface area contributed by atoms with Crippen LogP contribution in [0.15, 0.2) is 23.0 Å². The first-order valence-electron chi connectivity index (χ1n) is 12.9. The number of hydrogen-bond acceptors (Lipinski definition) is 7. The summed E-state index contributed by atoms with van der Waals surface area (Å²) in [6, 6.07) is 5.60. The fourth-order valence-electron chi connectivity index (χ4n) is 6.04. The van der Waals surface area contributed by atoms with Crippen LogP contribution in [0.2, 0.25) is 5.02 Å². The smallest absolute Gasteiger partial charge is 0.309 e. The van der Waals surface area contributed by atoms with E-state index in [0.717, 1.165) is 47.4 Å². The molecule has 2 aromatic heterocycles. The zero-order valence-electron chi connectivity index (χ0n) is 21.1. The second-order valence-electron chi connectivity index (χ2n) is 10.3. The molecular formula is C28H30ClN3O5. The van der Waals surface area contributed by atoms with Gasteiger partial charge in [0.15, 0.2) is 0 Å². The highest BCUT2D eigenvalue weighted by molar-refractivity contribution is 6.32. The molecule has 0 aliphatic carbocycles. The van der Waals surface area contributed by atoms with Gasteiger partial charge < -0.3 is 19.1 Å². The molecule has 1 aromatic carbocycles. The predicted molar refractivity (Wildman–Crippen MR) is 140 cm³/mol. The van der Waals surface area contributed by atoms with Gasteiger partial charge in [-0.15, -0.1) is 0 Å². The van der Waals surface area contributed by atoms with Crippen molar-refractivity contribution in [3.8, 4) is 17.1 Å². The standard InChI is InChI=1S/C28H30ClN3O5/c1-3-28(35)12-25(33)37-15-19-20(28)10-23-26-18(14-32(23)27(19)34)17(13-31-7-5-4-6-8-31)16-9-24(36-2)21(29)11-22(16)30-26/h9-11,35H,3-8,12-15H2,1-2H3. The summed E-state index contributed by atoms with van der Waals surface area (Å²) >= 11 is 6.50. The lowest BCUT2D eigenvalue weighted by Gasteiger charge is -2.28. The Labute approximate surface area is 219 Å². The van der Waals surface area contributed by atoms with Crippen molar-refractivity contribution in [2.75, 3.05) is 20.2 Å². The van der Waals surface area contributed by atoms with Gasteiger partial charge in [0.1, 0.15) is 18.0 Å². The first-order valence-corrected chi connectivity index (χ1v) is 13.3. The van der Waals surface area contributed by atoms with E-state index in [0.29, 0.717) is 34.1 Å². The quantitative estimate of drug-likeness (QED) is 0.402. The maximum absolute atomic E-state index is 13.8. The number of carbonyl (C=O) groups excluding carboxylic acids is 1. The molecule has 1 N–H and O–H groups in total. The zero-order valence-corrected chi connectivity index (χ0v) is 21.9. The summed E-state index contributed by atoms with van der Waals surface area (Å²) in [5.74, 6) is 0.0760. The van der Waals surface area contributed by atoms with Gasteiger partial charge in [0.25, 0.3) is 5.56 Å². The molecule has 0 saturated carbocycles. The first kappa shape index (κ1) is 24.4. The molecule has 1 atom stereocenters. The monoisotopic (exact) mass is 523 g/mol. The van der Waals surface area contributed by atoms with E-state index in [4.69, 9.17) is 26.1 Å². The molecule has 3 aliphatic heterocycles. The van der Waals surface area contributed by atoms with Gasteiger partial charge in [0.2, 0.25) is 0 Å². The number of carbonyl (C=O) groups is 1. The molecule has 0 amide bonds. The molecule has 1 fully saturated rings. The average Bonchev–Trinajstić information content (AvgIpc) is 3.20. The van der Waals surface area contributed by atoms with Crippen LogP contribution < -0.4 is 10.3 Å². The van der Waals surface area contributed by atoms with E-state index in [2.05, 4.69) is 4.90 Å². The van der Waals surface area contributed by atoms with Crippen molar-refractivity contribution in [1.29, 1.82) is 0 Å². The number of pyridine rings is 2. The Morgan fingerprint density at radius 2 is 1.95 bits per heavy atom. The van der Waals surface area contributed by atoms with E-state index in [-0.39, 0.29) is 25.0 Å². The van der Waals surface area contributed by atoms with E-state index in [1.807, 2.05) is 18.2 Å². The van der Waals surface area contributed by atoms with E-state index in [9.17, 15) is 14.7 Å². The molecular weight excluding hydrogens is 494 g/mol. The normalized spacial score (nSPS) is 21.2. The number of methoxy groups -OCH3 is 1. The van der Waals surface area contributed by atoms with Crippen molar-refractivity contribution in [2.45, 2.75) is 64.3 Å². The van der Waals surface area contributed by atoms with Gasteiger partial charge in [0.05, 0.1) is 47.6 Å². The van der Waals surface area contributed by atoms with Crippen molar-refractivity contribution in [3.63, 3.8) is 0 Å². The number of hydrogen-bond donors (Lipinski definition) is 1. The van der Waals surface area contributed by atoms with E-state index >= 15 is 0 Å². The van der Waals surface area contributed by atoms with E-state index < -0.39 is 11.6 Å². The number of likely N-dealkylation sites (tertiary alicyclic amines) is 1. The number of fused-ring (bicyclic) bond motifs is 5. The van der Waals surface area contributed by atoms with Gasteiger partial charge in [-0.1, -0.05) is 24.9 Å². The van der Waals surface area contributed by atoms with Crippen molar-refractivity contribution in [3.05, 3.63) is 55.8 Å². The van der Waals surface area contributed by atoms with Crippen molar-refractivity contribution < 1.29 is 19.4 Å². The van der Waals surface area contributed by atoms with Crippen molar-refractivity contribution >= 4 is 28.5 Å². The van der Waals surface area contributed by atoms with Crippen LogP contribution in [0.1, 0.15) is 61.3 Å². The molecule has 37 heavy (non-hydrogen) atoms. The minimum absolute atomic E-state index is 0.144. The second-order valence-corrected chi connectivity index (χ2v) is 10.7. The van der Waals surface area contributed by atoms with Crippen LogP contribution in [0.3, 0.4) is 0 Å². The van der Waals surface area contributed by atoms with Crippen LogP contribution in [-0.2, 0) is 34.8 Å². The average molecular weight is 524 g/mol. The number of piperidine rings is 1. The van der Waals surface area contributed by atoms with Gasteiger partial charge in [-0.2, -0.15) is 0 Å². The molecule has 5 heterocycles. The highest BCUT2D eigenvalue weighted by Gasteiger charge is 2.40. The molecule has 3 aliphatic rings. The van der Waals surface area contributed by atoms with Gasteiger partial charge in [-0.25, -0.2) is 4.98 Å². The fourth-order valence-corrected chi connectivity index (χ4v) is 6.27. The van der Waals surface area contributed by atoms with Crippen LogP contribution in [0.4, 0.5) is 0 Å². The van der Waals surface area contributed by atoms with Crippen LogP contribution in [0.25, 0.3) is 22.3 Å². The lowest BCUT2D eigenvalue weighted by atomic mass is 9.85. The Kier molecular flexibility index (Phi) is 6.01. The summed E-state index contributed by atoms with van der Waals surface area (Å²) in [6.45, 7) is 4.82. The molecule has 0 bridgehead atoms. The molecule has 1 saturated heterocycles. The molecule has 8 nitrogen and oxygen atoms in total. The molecule has 0 radical (unpaired) electrons. The molecule has 1 unspecified atom stereocenters. The fraction of sp³-hybridized carbons (Fsp3) is 0.464. The molecule has 194 valence electrons. The minimum atomic E-state index is -1.47. The maximum Gasteiger partial charge on any atom is 0.309 e. The Morgan fingerprint density at radius 1 is 1.16 bits per heavy atom. The topological polar surface area (TPSA) is 93.9 Å². The first-order chi connectivity index (χ1) is 17.8. The number of nitrogens with zero attached hydrogens (tertiary/aromatic N) is 3. The summed E-state index contributed by atoms with van der Waals surface area (Å²) in [6.07, 6.45) is 3.67. The SMILES string of the molecule is CCC1(O)CC(=O)OCc2c1cc1n(c2=O)Cc2c-1nc1cc(Cl)c(OC)cc1c2CN1CCCCC1. The van der Waals surface area contributed by atoms with E-state index in [1.165, 1.54) is 19.3 Å². The predicted octanol–water partition coefficient (Wildman–Crippen LogP) is 4.12. The van der Waals surface area contributed by atoms with Crippen LogP contribution >= 0.6 is 11.6 Å². The number of aliphatic hydroxyl groups is 1. The van der Waals surface area contributed by atoms with Crippen LogP contribution in [0.5, 0.6) is 5.75 Å². The Hall–Kier alpha value is -2.94. The molecule has 6 rings (SSSR count). The molecule has 3 aromatic rings. The lowest BCUT2D eigenvalue weighted by Crippen LogP contribution is -2.32. The third-order valence-electron chi connectivity index (χ3n) is 8.17. The highest BCUT2D eigenvalue weighted by Crippen LogP contribution is 2.42. The van der Waals surface area contributed by atoms with Crippen molar-refractivity contribution in [1.82, 2.24) is 14.5 Å². The lowest BCUT2D eigenvalue weighted by molar-refractivity contribution is -0.149. The van der Waals surface area contributed by atoms with Crippen LogP contribution in [-0.4, -0.2) is 45.7 Å². The summed E-state index contributed by atoms with van der Waals surface area (Å²) in [5, 5.41) is 12.9. The number of aromatic nitrogens is 2. The van der Waals surface area contributed by atoms with Crippen LogP contribution in [0, 0.1) is 0 Å². The number of benzene rings is 1. The largest absolute Gasteiger partial charge is 0.495 e. The minimum Gasteiger partial charge on any atom is -0.495 e. The number of esters is 1. The van der Waals surface area contributed by atoms with E-state index in [1.54, 1.807) is 18.6 Å². The zero-order chi connectivity index (χ0) is 25.9. The Bertz CT molecular complexity index is 1490. The summed E-state index contributed by atoms with van der Waals surface area (Å²) < 4.78 is 12.5. The molecule has 0 spiro atoms. The number of cyclic esters (lactones) is 1. The van der Waals surface area contributed by atoms with Gasteiger partial charge >= 0.3 is 5.97 Å². The highest BCUT2D eigenvalue weighted by atomic mass is 35.5. The van der Waals surface area contributed by atoms with Gasteiger partial charge in [-0.05, 0) is 61.7 Å². The second kappa shape index (κ2) is 9.11. The summed E-state index contributed by atoms with van der Waals surface area (Å²) in [4.78, 5) is 33.4. The number of halogens is 1. The van der Waals surface area contributed by atoms with Gasteiger partial charge in [0, 0.05) is 17.5 Å². The Balaban J connectivity index is 1.59. The number of ether oxygens (including phenoxy) is 2. The third-order valence-corrected chi connectivity index (χ3v) is 8.46. The number of rotatable bonds is 4. The van der Waals surface area contributed by atoms with Crippen molar-refractivity contribution in [2.24, 2.45) is 0 Å². The van der Waals surface area contributed by atoms with Gasteiger partial charge in [-0.3, -0.25) is 14.5 Å². The third kappa shape index (κ3) is 3.93. The summed E-state index contributed by atoms with van der Waals surface area (Å²) in [5.41, 5.74) is 3.28. The molecule has 9 heteroatoms. The Morgan fingerprint density at radius 3 is 2.68 bits per heavy atom. The summed E-state index contributed by atoms with van der Waals surface area (Å²) in [7, 11) is 1.60. The maximum atomic E-state index is 13.8.